The largest absolute Gasteiger partial charge is 0.391 e. The third-order valence-electron chi connectivity index (χ3n) is 2.83. The molecule has 22 heavy (non-hydrogen) atoms. The lowest BCUT2D eigenvalue weighted by Gasteiger charge is -1.97. The molecule has 0 unspecified atom stereocenters. The summed E-state index contributed by atoms with van der Waals surface area (Å²) in [5.41, 5.74) is 2.53. The average molecular weight is 313 g/mol. The van der Waals surface area contributed by atoms with Gasteiger partial charge in [-0.1, -0.05) is 11.2 Å². The summed E-state index contributed by atoms with van der Waals surface area (Å²) in [6, 6.07) is 10.0. The van der Waals surface area contributed by atoms with Gasteiger partial charge in [0, 0.05) is 28.9 Å². The predicted molar refractivity (Wildman–Crippen MR) is 84.1 cm³/mol. The zero-order valence-electron chi connectivity index (χ0n) is 11.5. The van der Waals surface area contributed by atoms with Gasteiger partial charge < -0.3 is 4.84 Å². The van der Waals surface area contributed by atoms with Gasteiger partial charge in [-0.2, -0.15) is 0 Å². The molecule has 2 heterocycles. The van der Waals surface area contributed by atoms with E-state index in [4.69, 9.17) is 4.84 Å². The third-order valence-corrected chi connectivity index (χ3v) is 3.74. The molecule has 0 atom stereocenters. The summed E-state index contributed by atoms with van der Waals surface area (Å²) in [6.07, 6.45) is 4.99. The van der Waals surface area contributed by atoms with Crippen molar-refractivity contribution >= 4 is 17.6 Å². The summed E-state index contributed by atoms with van der Waals surface area (Å²) in [5.74, 6) is -0.258. The Bertz CT molecular complexity index is 757. The topological polar surface area (TPSA) is 47.4 Å². The number of pyridine rings is 1. The van der Waals surface area contributed by atoms with Crippen molar-refractivity contribution in [1.82, 2.24) is 9.97 Å². The van der Waals surface area contributed by atoms with E-state index in [9.17, 15) is 4.39 Å². The molecule has 1 aromatic carbocycles. The molecule has 0 saturated carbocycles. The van der Waals surface area contributed by atoms with Crippen molar-refractivity contribution in [2.24, 2.45) is 5.16 Å². The lowest BCUT2D eigenvalue weighted by atomic mass is 10.2. The second kappa shape index (κ2) is 6.91. The molecule has 0 aliphatic rings. The van der Waals surface area contributed by atoms with E-state index in [1.54, 1.807) is 30.7 Å². The van der Waals surface area contributed by atoms with E-state index < -0.39 is 0 Å². The van der Waals surface area contributed by atoms with E-state index >= 15 is 0 Å². The van der Waals surface area contributed by atoms with Gasteiger partial charge in [-0.25, -0.2) is 9.37 Å². The van der Waals surface area contributed by atoms with E-state index in [1.165, 1.54) is 23.5 Å². The van der Waals surface area contributed by atoms with Gasteiger partial charge in [-0.15, -0.1) is 11.3 Å². The minimum Gasteiger partial charge on any atom is -0.391 e. The van der Waals surface area contributed by atoms with Crippen LogP contribution in [0.4, 0.5) is 4.39 Å². The highest BCUT2D eigenvalue weighted by atomic mass is 32.1. The zero-order chi connectivity index (χ0) is 15.2. The summed E-state index contributed by atoms with van der Waals surface area (Å²) in [5, 5.41) is 6.57. The second-order valence-corrected chi connectivity index (χ2v) is 5.31. The lowest BCUT2D eigenvalue weighted by Crippen LogP contribution is -1.89. The van der Waals surface area contributed by atoms with Crippen molar-refractivity contribution in [1.29, 1.82) is 0 Å². The number of benzene rings is 1. The first-order valence-corrected chi connectivity index (χ1v) is 7.45. The van der Waals surface area contributed by atoms with E-state index in [2.05, 4.69) is 15.1 Å². The molecule has 0 spiro atoms. The molecular weight excluding hydrogens is 301 g/mol. The third kappa shape index (κ3) is 3.73. The Hall–Kier alpha value is -2.60. The standard InChI is InChI=1S/C16H12FN3OS/c17-14-5-3-13(4-6-14)16-20-15(11-22-16)9-19-21-10-12-2-1-7-18-8-12/h1-9,11H,10H2/b19-9+. The summed E-state index contributed by atoms with van der Waals surface area (Å²) in [4.78, 5) is 13.6. The maximum Gasteiger partial charge on any atom is 0.143 e. The molecule has 0 fully saturated rings. The first-order valence-electron chi connectivity index (χ1n) is 6.57. The number of hydrogen-bond acceptors (Lipinski definition) is 5. The van der Waals surface area contributed by atoms with Crippen LogP contribution in [0.1, 0.15) is 11.3 Å². The molecule has 0 bridgehead atoms. The summed E-state index contributed by atoms with van der Waals surface area (Å²) in [6.45, 7) is 0.360. The molecule has 0 aliphatic heterocycles. The Balaban J connectivity index is 1.59. The molecule has 0 saturated heterocycles. The van der Waals surface area contributed by atoms with Crippen LogP contribution in [0.2, 0.25) is 0 Å². The number of hydrogen-bond donors (Lipinski definition) is 0. The van der Waals surface area contributed by atoms with Crippen molar-refractivity contribution in [2.45, 2.75) is 6.61 Å². The van der Waals surface area contributed by atoms with Crippen molar-refractivity contribution in [3.63, 3.8) is 0 Å². The van der Waals surface area contributed by atoms with Gasteiger partial charge in [0.1, 0.15) is 17.4 Å². The van der Waals surface area contributed by atoms with Crippen molar-refractivity contribution in [2.75, 3.05) is 0 Å². The minimum atomic E-state index is -0.258. The SMILES string of the molecule is Fc1ccc(-c2nc(/C=N/OCc3cccnc3)cs2)cc1. The maximum absolute atomic E-state index is 12.9. The van der Waals surface area contributed by atoms with Gasteiger partial charge in [0.05, 0.1) is 11.9 Å². The van der Waals surface area contributed by atoms with Gasteiger partial charge >= 0.3 is 0 Å². The highest BCUT2D eigenvalue weighted by Gasteiger charge is 2.03. The van der Waals surface area contributed by atoms with Crippen LogP contribution in [0, 0.1) is 5.82 Å². The molecule has 0 radical (unpaired) electrons. The second-order valence-electron chi connectivity index (χ2n) is 4.45. The van der Waals surface area contributed by atoms with E-state index in [0.717, 1.165) is 16.1 Å². The first kappa shape index (κ1) is 14.3. The van der Waals surface area contributed by atoms with Gasteiger partial charge in [0.2, 0.25) is 0 Å². The fourth-order valence-electron chi connectivity index (χ4n) is 1.76. The average Bonchev–Trinajstić information content (AvgIpc) is 3.02. The predicted octanol–water partition coefficient (Wildman–Crippen LogP) is 3.89. The van der Waals surface area contributed by atoms with Gasteiger partial charge in [0.25, 0.3) is 0 Å². The number of aromatic nitrogens is 2. The fraction of sp³-hybridized carbons (Fsp3) is 0.0625. The van der Waals surface area contributed by atoms with Crippen LogP contribution in [-0.2, 0) is 11.4 Å². The van der Waals surface area contributed by atoms with Crippen LogP contribution in [-0.4, -0.2) is 16.2 Å². The minimum absolute atomic E-state index is 0.258. The van der Waals surface area contributed by atoms with Crippen LogP contribution in [0.15, 0.2) is 59.3 Å². The van der Waals surface area contributed by atoms with E-state index in [0.29, 0.717) is 12.3 Å². The number of rotatable bonds is 5. The summed E-state index contributed by atoms with van der Waals surface area (Å²) in [7, 11) is 0. The lowest BCUT2D eigenvalue weighted by molar-refractivity contribution is 0.132. The van der Waals surface area contributed by atoms with Gasteiger partial charge in [0.15, 0.2) is 0 Å². The Morgan fingerprint density at radius 2 is 2.09 bits per heavy atom. The molecule has 6 heteroatoms. The Labute approximate surface area is 130 Å². The fourth-order valence-corrected chi connectivity index (χ4v) is 2.53. The molecule has 0 amide bonds. The molecular formula is C16H12FN3OS. The first-order chi connectivity index (χ1) is 10.8. The van der Waals surface area contributed by atoms with Crippen molar-refractivity contribution < 1.29 is 9.23 Å². The normalized spacial score (nSPS) is 11.0. The highest BCUT2D eigenvalue weighted by molar-refractivity contribution is 7.13. The van der Waals surface area contributed by atoms with Gasteiger partial charge in [-0.3, -0.25) is 4.98 Å². The van der Waals surface area contributed by atoms with Crippen molar-refractivity contribution in [3.8, 4) is 10.6 Å². The van der Waals surface area contributed by atoms with Crippen LogP contribution in [0.3, 0.4) is 0 Å². The number of halogens is 1. The van der Waals surface area contributed by atoms with Crippen molar-refractivity contribution in [3.05, 3.63) is 71.2 Å². The van der Waals surface area contributed by atoms with Crippen LogP contribution >= 0.6 is 11.3 Å². The molecule has 0 aliphatic carbocycles. The Morgan fingerprint density at radius 3 is 2.86 bits per heavy atom. The Morgan fingerprint density at radius 1 is 1.23 bits per heavy atom. The quantitative estimate of drug-likeness (QED) is 0.530. The van der Waals surface area contributed by atoms with Crippen LogP contribution in [0.25, 0.3) is 10.6 Å². The number of oxime groups is 1. The maximum atomic E-state index is 12.9. The molecule has 2 aromatic heterocycles. The van der Waals surface area contributed by atoms with Crippen LogP contribution < -0.4 is 0 Å². The zero-order valence-corrected chi connectivity index (χ0v) is 12.3. The summed E-state index contributed by atoms with van der Waals surface area (Å²) < 4.78 is 12.9. The van der Waals surface area contributed by atoms with Gasteiger partial charge in [-0.05, 0) is 30.3 Å². The summed E-state index contributed by atoms with van der Waals surface area (Å²) >= 11 is 1.47. The molecule has 110 valence electrons. The van der Waals surface area contributed by atoms with E-state index in [1.807, 2.05) is 17.5 Å². The Kier molecular flexibility index (Phi) is 4.50. The molecule has 3 aromatic rings. The van der Waals surface area contributed by atoms with E-state index in [-0.39, 0.29) is 5.82 Å². The molecule has 4 nitrogen and oxygen atoms in total. The highest BCUT2D eigenvalue weighted by Crippen LogP contribution is 2.23. The molecule has 0 N–H and O–H groups in total. The number of thiazole rings is 1. The number of nitrogens with zero attached hydrogens (tertiary/aromatic N) is 3. The van der Waals surface area contributed by atoms with Crippen LogP contribution in [0.5, 0.6) is 0 Å². The molecule has 3 rings (SSSR count). The smallest absolute Gasteiger partial charge is 0.143 e. The monoisotopic (exact) mass is 313 g/mol.